The van der Waals surface area contributed by atoms with Crippen LogP contribution >= 0.6 is 0 Å². The van der Waals surface area contributed by atoms with E-state index in [1.807, 2.05) is 55.6 Å². The second kappa shape index (κ2) is 8.38. The number of hydrogen-bond donors (Lipinski definition) is 1. The zero-order valence-electron chi connectivity index (χ0n) is 17.5. The molecule has 2 amide bonds. The van der Waals surface area contributed by atoms with Crippen LogP contribution in [-0.2, 0) is 16.0 Å². The van der Waals surface area contributed by atoms with Crippen LogP contribution in [0.25, 0.3) is 0 Å². The van der Waals surface area contributed by atoms with Gasteiger partial charge < -0.3 is 19.7 Å². The number of fused-ring (bicyclic) bond motifs is 1. The zero-order chi connectivity index (χ0) is 21.1. The smallest absolute Gasteiger partial charge is 0.224 e. The normalized spacial score (nSPS) is 23.3. The van der Waals surface area contributed by atoms with E-state index in [0.717, 1.165) is 29.0 Å². The summed E-state index contributed by atoms with van der Waals surface area (Å²) >= 11 is 0. The molecule has 2 atom stereocenters. The lowest BCUT2D eigenvalue weighted by Crippen LogP contribution is -2.46. The maximum Gasteiger partial charge on any atom is 0.224 e. The van der Waals surface area contributed by atoms with Crippen molar-refractivity contribution in [1.29, 1.82) is 0 Å². The number of ether oxygens (including phenoxy) is 2. The lowest BCUT2D eigenvalue weighted by molar-refractivity contribution is -0.129. The summed E-state index contributed by atoms with van der Waals surface area (Å²) in [7, 11) is 3.46. The van der Waals surface area contributed by atoms with E-state index < -0.39 is 5.60 Å². The number of nitrogens with one attached hydrogen (secondary N) is 1. The Labute approximate surface area is 177 Å². The molecule has 2 aliphatic heterocycles. The zero-order valence-corrected chi connectivity index (χ0v) is 17.5. The number of likely N-dealkylation sites (tertiary alicyclic amines) is 1. The van der Waals surface area contributed by atoms with Gasteiger partial charge in [0.2, 0.25) is 11.8 Å². The number of hydrogen-bond acceptors (Lipinski definition) is 4. The van der Waals surface area contributed by atoms with Crippen molar-refractivity contribution < 1.29 is 19.1 Å². The maximum atomic E-state index is 12.8. The second-order valence-corrected chi connectivity index (χ2v) is 8.24. The molecular formula is C24H28N2O4. The van der Waals surface area contributed by atoms with E-state index in [0.29, 0.717) is 32.2 Å². The first kappa shape index (κ1) is 20.3. The van der Waals surface area contributed by atoms with Gasteiger partial charge in [-0.1, -0.05) is 30.3 Å². The van der Waals surface area contributed by atoms with Crippen LogP contribution in [0.15, 0.2) is 48.5 Å². The van der Waals surface area contributed by atoms with Gasteiger partial charge in [-0.3, -0.25) is 9.59 Å². The number of carbonyl (C=O) groups is 2. The van der Waals surface area contributed by atoms with Gasteiger partial charge in [-0.25, -0.2) is 0 Å². The summed E-state index contributed by atoms with van der Waals surface area (Å²) in [4.78, 5) is 26.8. The largest absolute Gasteiger partial charge is 0.497 e. The van der Waals surface area contributed by atoms with E-state index in [4.69, 9.17) is 9.47 Å². The van der Waals surface area contributed by atoms with Gasteiger partial charge in [0.1, 0.15) is 17.1 Å². The quantitative estimate of drug-likeness (QED) is 0.843. The van der Waals surface area contributed by atoms with Gasteiger partial charge in [0.05, 0.1) is 19.6 Å². The highest BCUT2D eigenvalue weighted by Gasteiger charge is 2.43. The Morgan fingerprint density at radius 2 is 1.97 bits per heavy atom. The third kappa shape index (κ3) is 4.27. The first-order chi connectivity index (χ1) is 14.5. The molecule has 158 valence electrons. The highest BCUT2D eigenvalue weighted by Crippen LogP contribution is 2.44. The van der Waals surface area contributed by atoms with Crippen LogP contribution in [0, 0.1) is 0 Å². The summed E-state index contributed by atoms with van der Waals surface area (Å²) < 4.78 is 11.6. The topological polar surface area (TPSA) is 67.9 Å². The lowest BCUT2D eigenvalue weighted by Gasteiger charge is -2.42. The van der Waals surface area contributed by atoms with Crippen LogP contribution in [-0.4, -0.2) is 43.0 Å². The first-order valence-corrected chi connectivity index (χ1v) is 10.4. The molecule has 6 heteroatoms. The predicted octanol–water partition coefficient (Wildman–Crippen LogP) is 3.26. The van der Waals surface area contributed by atoms with E-state index in [1.54, 1.807) is 12.0 Å². The third-order valence-corrected chi connectivity index (χ3v) is 6.18. The SMILES string of the molecule is COc1ccc(CC(=O)NC2CC3(CCC(=O)N(C)CC3)Oc3ccccc32)cc1. The fourth-order valence-electron chi connectivity index (χ4n) is 4.37. The van der Waals surface area contributed by atoms with E-state index in [-0.39, 0.29) is 17.9 Å². The van der Waals surface area contributed by atoms with Gasteiger partial charge in [0.25, 0.3) is 0 Å². The Bertz CT molecular complexity index is 927. The molecule has 1 spiro atoms. The Morgan fingerprint density at radius 3 is 2.73 bits per heavy atom. The Kier molecular flexibility index (Phi) is 5.66. The number of rotatable bonds is 4. The fraction of sp³-hybridized carbons (Fsp3) is 0.417. The minimum absolute atomic E-state index is 0.0289. The van der Waals surface area contributed by atoms with Crippen molar-refractivity contribution in [2.24, 2.45) is 0 Å². The van der Waals surface area contributed by atoms with Crippen molar-refractivity contribution in [3.8, 4) is 11.5 Å². The van der Waals surface area contributed by atoms with E-state index in [1.165, 1.54) is 0 Å². The number of amides is 2. The summed E-state index contributed by atoms with van der Waals surface area (Å²) in [6.07, 6.45) is 2.85. The fourth-order valence-corrected chi connectivity index (χ4v) is 4.37. The van der Waals surface area contributed by atoms with E-state index >= 15 is 0 Å². The maximum absolute atomic E-state index is 12.8. The molecule has 2 aromatic rings. The van der Waals surface area contributed by atoms with Gasteiger partial charge in [0, 0.05) is 38.4 Å². The molecule has 1 fully saturated rings. The van der Waals surface area contributed by atoms with Crippen molar-refractivity contribution in [2.45, 2.75) is 43.7 Å². The summed E-state index contributed by atoms with van der Waals surface area (Å²) in [6.45, 7) is 0.660. The Balaban J connectivity index is 1.52. The number of para-hydroxylation sites is 1. The second-order valence-electron chi connectivity index (χ2n) is 8.24. The number of benzene rings is 2. The summed E-state index contributed by atoms with van der Waals surface area (Å²) in [5, 5.41) is 3.22. The monoisotopic (exact) mass is 408 g/mol. The van der Waals surface area contributed by atoms with E-state index in [9.17, 15) is 9.59 Å². The average Bonchev–Trinajstić information content (AvgIpc) is 2.88. The van der Waals surface area contributed by atoms with Gasteiger partial charge >= 0.3 is 0 Å². The molecule has 0 radical (unpaired) electrons. The molecule has 2 aromatic carbocycles. The Morgan fingerprint density at radius 1 is 1.20 bits per heavy atom. The van der Waals surface area contributed by atoms with Gasteiger partial charge in [-0.05, 0) is 30.2 Å². The third-order valence-electron chi connectivity index (χ3n) is 6.18. The molecule has 4 rings (SSSR count). The van der Waals surface area contributed by atoms with E-state index in [2.05, 4.69) is 5.32 Å². The molecule has 2 unspecified atom stereocenters. The van der Waals surface area contributed by atoms with Crippen LogP contribution in [0.5, 0.6) is 11.5 Å². The molecule has 1 N–H and O–H groups in total. The number of nitrogens with zero attached hydrogens (tertiary/aromatic N) is 1. The predicted molar refractivity (Wildman–Crippen MR) is 113 cm³/mol. The molecular weight excluding hydrogens is 380 g/mol. The summed E-state index contributed by atoms with van der Waals surface area (Å²) in [5.74, 6) is 1.69. The van der Waals surface area contributed by atoms with Crippen LogP contribution in [0.1, 0.15) is 42.9 Å². The van der Waals surface area contributed by atoms with Crippen molar-refractivity contribution in [1.82, 2.24) is 10.2 Å². The van der Waals surface area contributed by atoms with Crippen LogP contribution in [0.4, 0.5) is 0 Å². The molecule has 2 heterocycles. The minimum atomic E-state index is -0.438. The van der Waals surface area contributed by atoms with Crippen molar-refractivity contribution in [3.05, 3.63) is 59.7 Å². The molecule has 0 bridgehead atoms. The van der Waals surface area contributed by atoms with Gasteiger partial charge in [-0.15, -0.1) is 0 Å². The summed E-state index contributed by atoms with van der Waals surface area (Å²) in [6, 6.07) is 15.3. The van der Waals surface area contributed by atoms with Crippen molar-refractivity contribution in [2.75, 3.05) is 20.7 Å². The molecule has 0 aromatic heterocycles. The lowest BCUT2D eigenvalue weighted by atomic mass is 9.82. The molecule has 0 saturated carbocycles. The van der Waals surface area contributed by atoms with Gasteiger partial charge in [0.15, 0.2) is 0 Å². The molecule has 30 heavy (non-hydrogen) atoms. The molecule has 1 saturated heterocycles. The van der Waals surface area contributed by atoms with Crippen molar-refractivity contribution in [3.63, 3.8) is 0 Å². The summed E-state index contributed by atoms with van der Waals surface area (Å²) in [5.41, 5.74) is 1.49. The Hall–Kier alpha value is -3.02. The molecule has 0 aliphatic carbocycles. The van der Waals surface area contributed by atoms with Crippen molar-refractivity contribution >= 4 is 11.8 Å². The van der Waals surface area contributed by atoms with Crippen LogP contribution in [0.2, 0.25) is 0 Å². The standard InChI is InChI=1S/C24H28N2O4/c1-26-14-13-24(12-11-23(26)28)16-20(19-5-3-4-6-21(19)30-24)25-22(27)15-17-7-9-18(29-2)10-8-17/h3-10,20H,11-16H2,1-2H3,(H,25,27). The van der Waals surface area contributed by atoms with Gasteiger partial charge in [-0.2, -0.15) is 0 Å². The average molecular weight is 408 g/mol. The minimum Gasteiger partial charge on any atom is -0.497 e. The highest BCUT2D eigenvalue weighted by atomic mass is 16.5. The molecule has 6 nitrogen and oxygen atoms in total. The number of methoxy groups -OCH3 is 1. The molecule has 2 aliphatic rings. The number of carbonyl (C=O) groups excluding carboxylic acids is 2. The highest BCUT2D eigenvalue weighted by molar-refractivity contribution is 5.79. The van der Waals surface area contributed by atoms with Crippen LogP contribution < -0.4 is 14.8 Å². The first-order valence-electron chi connectivity index (χ1n) is 10.4. The van der Waals surface area contributed by atoms with Crippen LogP contribution in [0.3, 0.4) is 0 Å².